The van der Waals surface area contributed by atoms with Crippen molar-refractivity contribution in [1.82, 2.24) is 0 Å². The first-order valence-electron chi connectivity index (χ1n) is 7.69. The molecule has 0 saturated heterocycles. The molecule has 0 amide bonds. The minimum absolute atomic E-state index is 0.757. The summed E-state index contributed by atoms with van der Waals surface area (Å²) in [6.07, 6.45) is 3.95. The maximum Gasteiger partial charge on any atom is 0.337 e. The normalized spacial score (nSPS) is 13.9. The third kappa shape index (κ3) is 5.23. The first-order chi connectivity index (χ1) is 9.69. The molecule has 2 nitrogen and oxygen atoms in total. The average molecular weight is 292 g/mol. The molecule has 0 spiro atoms. The van der Waals surface area contributed by atoms with Gasteiger partial charge in [0.05, 0.1) is 0 Å². The lowest BCUT2D eigenvalue weighted by atomic mass is 10.1. The van der Waals surface area contributed by atoms with E-state index in [9.17, 15) is 0 Å². The van der Waals surface area contributed by atoms with E-state index in [1.54, 1.807) is 0 Å². The molecule has 1 aromatic carbocycles. The summed E-state index contributed by atoms with van der Waals surface area (Å²) in [5, 5.41) is 0. The van der Waals surface area contributed by atoms with Crippen LogP contribution in [-0.4, -0.2) is 21.8 Å². The van der Waals surface area contributed by atoms with Crippen molar-refractivity contribution < 1.29 is 8.85 Å². The lowest BCUT2D eigenvalue weighted by Crippen LogP contribution is -2.41. The van der Waals surface area contributed by atoms with Gasteiger partial charge in [-0.15, -0.1) is 0 Å². The maximum atomic E-state index is 6.22. The van der Waals surface area contributed by atoms with Gasteiger partial charge >= 0.3 is 8.56 Å². The largest absolute Gasteiger partial charge is 0.394 e. The van der Waals surface area contributed by atoms with Crippen LogP contribution in [0.1, 0.15) is 38.3 Å². The molecule has 0 radical (unpaired) electrons. The Morgan fingerprint density at radius 1 is 1.10 bits per heavy atom. The highest BCUT2D eigenvalue weighted by molar-refractivity contribution is 6.67. The lowest BCUT2D eigenvalue weighted by Gasteiger charge is -2.29. The molecule has 3 heteroatoms. The highest BCUT2D eigenvalue weighted by Crippen LogP contribution is 2.21. The standard InChI is InChI=1S/C17H28O2Si/c1-5-15-20(8-4,18-7-3)19-14-13-17-11-9-16(6-2)10-12-17/h6,9-12H,2,5,7-8,13-15H2,1,3-4H3. The second-order valence-electron chi connectivity index (χ2n) is 4.99. The number of rotatable bonds is 10. The number of hydrogen-bond acceptors (Lipinski definition) is 2. The van der Waals surface area contributed by atoms with Gasteiger partial charge in [0.25, 0.3) is 0 Å². The summed E-state index contributed by atoms with van der Waals surface area (Å²) in [7, 11) is -1.96. The topological polar surface area (TPSA) is 18.5 Å². The van der Waals surface area contributed by atoms with Crippen molar-refractivity contribution in [2.45, 2.75) is 45.7 Å². The summed E-state index contributed by atoms with van der Waals surface area (Å²) < 4.78 is 12.2. The fourth-order valence-corrected chi connectivity index (χ4v) is 5.28. The zero-order valence-electron chi connectivity index (χ0n) is 13.2. The zero-order chi connectivity index (χ0) is 14.8. The Hall–Kier alpha value is -0.903. The SMILES string of the molecule is C=Cc1ccc(CCO[Si](CC)(CCC)OCC)cc1. The van der Waals surface area contributed by atoms with Gasteiger partial charge in [-0.25, -0.2) is 0 Å². The van der Waals surface area contributed by atoms with Crippen LogP contribution in [0.4, 0.5) is 0 Å². The minimum Gasteiger partial charge on any atom is -0.394 e. The minimum atomic E-state index is -1.96. The van der Waals surface area contributed by atoms with E-state index in [0.717, 1.165) is 43.7 Å². The molecule has 0 aliphatic heterocycles. The van der Waals surface area contributed by atoms with Crippen molar-refractivity contribution in [3.63, 3.8) is 0 Å². The Morgan fingerprint density at radius 3 is 2.30 bits per heavy atom. The highest BCUT2D eigenvalue weighted by atomic mass is 28.4. The summed E-state index contributed by atoms with van der Waals surface area (Å²) >= 11 is 0. The molecule has 0 bridgehead atoms. The van der Waals surface area contributed by atoms with Crippen LogP contribution < -0.4 is 0 Å². The molecule has 20 heavy (non-hydrogen) atoms. The smallest absolute Gasteiger partial charge is 0.337 e. The third-order valence-electron chi connectivity index (χ3n) is 3.55. The summed E-state index contributed by atoms with van der Waals surface area (Å²) in [4.78, 5) is 0. The summed E-state index contributed by atoms with van der Waals surface area (Å²) in [6.45, 7) is 11.7. The Labute approximate surface area is 125 Å². The lowest BCUT2D eigenvalue weighted by molar-refractivity contribution is 0.177. The maximum absolute atomic E-state index is 6.22. The van der Waals surface area contributed by atoms with E-state index >= 15 is 0 Å². The van der Waals surface area contributed by atoms with Gasteiger partial charge in [-0.2, -0.15) is 0 Å². The summed E-state index contributed by atoms with van der Waals surface area (Å²) in [5.41, 5.74) is 2.47. The van der Waals surface area contributed by atoms with E-state index in [0.29, 0.717) is 0 Å². The fourth-order valence-electron chi connectivity index (χ4n) is 2.39. The van der Waals surface area contributed by atoms with Crippen molar-refractivity contribution in [2.75, 3.05) is 13.2 Å². The van der Waals surface area contributed by atoms with Crippen LogP contribution in [0, 0.1) is 0 Å². The van der Waals surface area contributed by atoms with Crippen molar-refractivity contribution in [3.05, 3.63) is 42.0 Å². The van der Waals surface area contributed by atoms with E-state index in [1.807, 2.05) is 6.08 Å². The van der Waals surface area contributed by atoms with Crippen LogP contribution in [0.3, 0.4) is 0 Å². The molecule has 1 unspecified atom stereocenters. The molecule has 0 saturated carbocycles. The average Bonchev–Trinajstić information content (AvgIpc) is 2.48. The van der Waals surface area contributed by atoms with Gasteiger partial charge in [-0.05, 0) is 36.6 Å². The van der Waals surface area contributed by atoms with Crippen molar-refractivity contribution in [3.8, 4) is 0 Å². The van der Waals surface area contributed by atoms with Crippen LogP contribution in [0.25, 0.3) is 6.08 Å². The molecule has 0 heterocycles. The molecule has 0 aromatic heterocycles. The molecule has 112 valence electrons. The predicted octanol–water partition coefficient (Wildman–Crippen LogP) is 4.80. The molecule has 1 aromatic rings. The highest BCUT2D eigenvalue weighted by Gasteiger charge is 2.33. The summed E-state index contributed by atoms with van der Waals surface area (Å²) in [5.74, 6) is 0. The van der Waals surface area contributed by atoms with Gasteiger partial charge < -0.3 is 8.85 Å². The number of benzene rings is 1. The van der Waals surface area contributed by atoms with Gasteiger partial charge in [0.1, 0.15) is 0 Å². The molecule has 1 atom stereocenters. The third-order valence-corrected chi connectivity index (χ3v) is 7.43. The zero-order valence-corrected chi connectivity index (χ0v) is 14.2. The van der Waals surface area contributed by atoms with Crippen LogP contribution in [-0.2, 0) is 15.3 Å². The van der Waals surface area contributed by atoms with E-state index in [-0.39, 0.29) is 0 Å². The number of hydrogen-bond donors (Lipinski definition) is 0. The van der Waals surface area contributed by atoms with E-state index in [4.69, 9.17) is 8.85 Å². The van der Waals surface area contributed by atoms with Crippen molar-refractivity contribution >= 4 is 14.6 Å². The predicted molar refractivity (Wildman–Crippen MR) is 89.1 cm³/mol. The molecular weight excluding hydrogens is 264 g/mol. The van der Waals surface area contributed by atoms with Gasteiger partial charge in [0, 0.05) is 13.2 Å². The van der Waals surface area contributed by atoms with Crippen LogP contribution in [0.5, 0.6) is 0 Å². The molecule has 1 rings (SSSR count). The second-order valence-corrected chi connectivity index (χ2v) is 8.60. The Bertz CT molecular complexity index is 380. The van der Waals surface area contributed by atoms with Crippen molar-refractivity contribution in [1.29, 1.82) is 0 Å². The van der Waals surface area contributed by atoms with Crippen LogP contribution in [0.15, 0.2) is 30.8 Å². The Kier molecular flexibility index (Phi) is 7.81. The Balaban J connectivity index is 2.52. The van der Waals surface area contributed by atoms with E-state index in [2.05, 4.69) is 51.6 Å². The molecule has 0 fully saturated rings. The summed E-state index contributed by atoms with van der Waals surface area (Å²) in [6, 6.07) is 10.6. The van der Waals surface area contributed by atoms with Gasteiger partial charge in [-0.1, -0.05) is 57.2 Å². The van der Waals surface area contributed by atoms with E-state index in [1.165, 1.54) is 5.56 Å². The first kappa shape index (κ1) is 17.1. The van der Waals surface area contributed by atoms with Gasteiger partial charge in [0.2, 0.25) is 0 Å². The molecule has 0 aliphatic carbocycles. The van der Waals surface area contributed by atoms with Gasteiger partial charge in [-0.3, -0.25) is 0 Å². The first-order valence-corrected chi connectivity index (χ1v) is 9.92. The Morgan fingerprint density at radius 2 is 1.80 bits per heavy atom. The van der Waals surface area contributed by atoms with Crippen LogP contribution in [0.2, 0.25) is 12.1 Å². The van der Waals surface area contributed by atoms with E-state index < -0.39 is 8.56 Å². The monoisotopic (exact) mass is 292 g/mol. The fraction of sp³-hybridized carbons (Fsp3) is 0.529. The molecule has 0 N–H and O–H groups in total. The molecular formula is C17H28O2Si. The molecule has 0 aliphatic rings. The quantitative estimate of drug-likeness (QED) is 0.577. The van der Waals surface area contributed by atoms with Crippen molar-refractivity contribution in [2.24, 2.45) is 0 Å². The van der Waals surface area contributed by atoms with Crippen LogP contribution >= 0.6 is 0 Å². The van der Waals surface area contributed by atoms with Gasteiger partial charge in [0.15, 0.2) is 0 Å². The second kappa shape index (κ2) is 9.11.